The van der Waals surface area contributed by atoms with Gasteiger partial charge in [-0.25, -0.2) is 0 Å². The minimum atomic E-state index is -1.33. The summed E-state index contributed by atoms with van der Waals surface area (Å²) in [5, 5.41) is 20.8. The first-order valence-electron chi connectivity index (χ1n) is 4.95. The van der Waals surface area contributed by atoms with Crippen LogP contribution < -0.4 is 5.32 Å². The van der Waals surface area contributed by atoms with Gasteiger partial charge >= 0.3 is 0 Å². The van der Waals surface area contributed by atoms with Gasteiger partial charge in [0.05, 0.1) is 18.6 Å². The predicted molar refractivity (Wildman–Crippen MR) is 55.7 cm³/mol. The van der Waals surface area contributed by atoms with Gasteiger partial charge in [0.1, 0.15) is 18.9 Å². The van der Waals surface area contributed by atoms with Crippen molar-refractivity contribution in [1.29, 1.82) is 0 Å². The Morgan fingerprint density at radius 1 is 1.12 bits per heavy atom. The van der Waals surface area contributed by atoms with E-state index in [0.717, 1.165) is 0 Å². The van der Waals surface area contributed by atoms with E-state index < -0.39 is 30.5 Å². The van der Waals surface area contributed by atoms with Crippen molar-refractivity contribution in [2.24, 2.45) is 17.8 Å². The highest BCUT2D eigenvalue weighted by atomic mass is 16.3. The number of nitrogens with one attached hydrogen (secondary N) is 1. The van der Waals surface area contributed by atoms with Gasteiger partial charge in [0.25, 0.3) is 0 Å². The molecule has 0 bridgehead atoms. The molecule has 6 nitrogen and oxygen atoms in total. The highest BCUT2D eigenvalue weighted by Gasteiger charge is 2.33. The third kappa shape index (κ3) is 3.80. The van der Waals surface area contributed by atoms with Crippen LogP contribution in [0.15, 0.2) is 0 Å². The van der Waals surface area contributed by atoms with Crippen LogP contribution in [-0.2, 0) is 14.4 Å². The number of aldehydes is 3. The normalized spacial score (nSPS) is 18.2. The molecule has 0 heterocycles. The van der Waals surface area contributed by atoms with Gasteiger partial charge < -0.3 is 29.9 Å². The standard InChI is InChI=1S/C10H17NO5/c1-11-2-7(3-12)8(4-13)9(5-14)10(16)6-15/h3-5,7-11,15-16H,2,6H2,1H3/t7-,8-,9+,10-/m1/s1. The van der Waals surface area contributed by atoms with Gasteiger partial charge in [-0.1, -0.05) is 0 Å². The molecule has 0 saturated heterocycles. The Kier molecular flexibility index (Phi) is 7.53. The molecule has 4 atom stereocenters. The highest BCUT2D eigenvalue weighted by Crippen LogP contribution is 2.19. The molecule has 0 fully saturated rings. The summed E-state index contributed by atoms with van der Waals surface area (Å²) in [7, 11) is 1.61. The van der Waals surface area contributed by atoms with Crippen LogP contribution in [-0.4, -0.2) is 55.4 Å². The number of carbonyl (C=O) groups excluding carboxylic acids is 3. The number of aliphatic hydroxyl groups excluding tert-OH is 2. The average molecular weight is 231 g/mol. The van der Waals surface area contributed by atoms with Crippen LogP contribution >= 0.6 is 0 Å². The fraction of sp³-hybridized carbons (Fsp3) is 0.700. The molecule has 92 valence electrons. The number of rotatable bonds is 9. The fourth-order valence-corrected chi connectivity index (χ4v) is 1.55. The van der Waals surface area contributed by atoms with Crippen LogP contribution in [0.2, 0.25) is 0 Å². The first-order valence-corrected chi connectivity index (χ1v) is 4.95. The maximum absolute atomic E-state index is 10.9. The molecule has 0 aromatic rings. The molecular weight excluding hydrogens is 214 g/mol. The second-order valence-electron chi connectivity index (χ2n) is 3.53. The zero-order valence-corrected chi connectivity index (χ0v) is 9.07. The topological polar surface area (TPSA) is 104 Å². The first-order chi connectivity index (χ1) is 7.65. The van der Waals surface area contributed by atoms with Crippen molar-refractivity contribution >= 4 is 18.9 Å². The average Bonchev–Trinajstić information content (AvgIpc) is 2.32. The smallest absolute Gasteiger partial charge is 0.126 e. The molecule has 0 aromatic carbocycles. The zero-order valence-electron chi connectivity index (χ0n) is 9.07. The summed E-state index contributed by atoms with van der Waals surface area (Å²) >= 11 is 0. The molecule has 0 rings (SSSR count). The second kappa shape index (κ2) is 8.09. The molecule has 0 amide bonds. The Bertz CT molecular complexity index is 233. The molecule has 0 aliphatic carbocycles. The first kappa shape index (κ1) is 14.9. The maximum atomic E-state index is 10.9. The van der Waals surface area contributed by atoms with E-state index in [-0.39, 0.29) is 6.54 Å². The van der Waals surface area contributed by atoms with Gasteiger partial charge in [-0.2, -0.15) is 0 Å². The molecule has 16 heavy (non-hydrogen) atoms. The van der Waals surface area contributed by atoms with Crippen LogP contribution in [0.4, 0.5) is 0 Å². The number of hydrogen-bond donors (Lipinski definition) is 3. The molecule has 6 heteroatoms. The van der Waals surface area contributed by atoms with Crippen LogP contribution in [0.3, 0.4) is 0 Å². The lowest BCUT2D eigenvalue weighted by molar-refractivity contribution is -0.129. The Morgan fingerprint density at radius 2 is 1.69 bits per heavy atom. The van der Waals surface area contributed by atoms with E-state index in [9.17, 15) is 19.5 Å². The van der Waals surface area contributed by atoms with Crippen molar-refractivity contribution < 1.29 is 24.6 Å². The van der Waals surface area contributed by atoms with E-state index in [4.69, 9.17) is 5.11 Å². The summed E-state index contributed by atoms with van der Waals surface area (Å²) < 4.78 is 0. The van der Waals surface area contributed by atoms with E-state index in [1.807, 2.05) is 0 Å². The van der Waals surface area contributed by atoms with Crippen molar-refractivity contribution in [2.45, 2.75) is 6.10 Å². The predicted octanol–water partition coefficient (Wildman–Crippen LogP) is -2.00. The fourth-order valence-electron chi connectivity index (χ4n) is 1.55. The summed E-state index contributed by atoms with van der Waals surface area (Å²) in [6.07, 6.45) is 0.100. The van der Waals surface area contributed by atoms with Crippen LogP contribution in [0, 0.1) is 17.8 Å². The van der Waals surface area contributed by atoms with Crippen LogP contribution in [0.1, 0.15) is 0 Å². The Balaban J connectivity index is 4.82. The SMILES string of the molecule is CNC[C@H](C=O)[C@@H](C=O)[C@H](C=O)[C@H](O)CO. The van der Waals surface area contributed by atoms with Crippen molar-refractivity contribution in [3.63, 3.8) is 0 Å². The van der Waals surface area contributed by atoms with Gasteiger partial charge in [0.15, 0.2) is 0 Å². The third-order valence-corrected chi connectivity index (χ3v) is 2.50. The minimum Gasteiger partial charge on any atom is -0.394 e. The molecule has 0 saturated carbocycles. The zero-order chi connectivity index (χ0) is 12.6. The molecule has 0 unspecified atom stereocenters. The third-order valence-electron chi connectivity index (χ3n) is 2.50. The molecular formula is C10H17NO5. The Labute approximate surface area is 93.6 Å². The lowest BCUT2D eigenvalue weighted by atomic mass is 9.81. The van der Waals surface area contributed by atoms with Gasteiger partial charge in [-0.15, -0.1) is 0 Å². The molecule has 0 radical (unpaired) electrons. The highest BCUT2D eigenvalue weighted by molar-refractivity contribution is 5.71. The largest absolute Gasteiger partial charge is 0.394 e. The maximum Gasteiger partial charge on any atom is 0.126 e. The van der Waals surface area contributed by atoms with Crippen LogP contribution in [0.5, 0.6) is 0 Å². The van der Waals surface area contributed by atoms with Gasteiger partial charge in [0.2, 0.25) is 0 Å². The van der Waals surface area contributed by atoms with E-state index in [1.165, 1.54) is 0 Å². The quantitative estimate of drug-likeness (QED) is 0.397. The van der Waals surface area contributed by atoms with Gasteiger partial charge in [-0.05, 0) is 7.05 Å². The number of hydrogen-bond acceptors (Lipinski definition) is 6. The van der Waals surface area contributed by atoms with Crippen LogP contribution in [0.25, 0.3) is 0 Å². The van der Waals surface area contributed by atoms with E-state index in [2.05, 4.69) is 5.32 Å². The van der Waals surface area contributed by atoms with E-state index in [0.29, 0.717) is 18.9 Å². The second-order valence-corrected chi connectivity index (χ2v) is 3.53. The van der Waals surface area contributed by atoms with Crippen molar-refractivity contribution in [3.8, 4) is 0 Å². The van der Waals surface area contributed by atoms with Crippen molar-refractivity contribution in [3.05, 3.63) is 0 Å². The molecule has 0 aliphatic rings. The lowest BCUT2D eigenvalue weighted by Gasteiger charge is -2.25. The van der Waals surface area contributed by atoms with Crippen molar-refractivity contribution in [2.75, 3.05) is 20.2 Å². The molecule has 0 spiro atoms. The van der Waals surface area contributed by atoms with E-state index in [1.54, 1.807) is 7.05 Å². The summed E-state index contributed by atoms with van der Waals surface area (Å²) in [5.74, 6) is -2.69. The molecule has 3 N–H and O–H groups in total. The molecule has 0 aliphatic heterocycles. The molecule has 0 aromatic heterocycles. The van der Waals surface area contributed by atoms with Crippen molar-refractivity contribution in [1.82, 2.24) is 5.32 Å². The Morgan fingerprint density at radius 3 is 2.00 bits per heavy atom. The lowest BCUT2D eigenvalue weighted by Crippen LogP contribution is -2.40. The summed E-state index contributed by atoms with van der Waals surface area (Å²) in [6.45, 7) is -0.395. The van der Waals surface area contributed by atoms with Gasteiger partial charge in [0, 0.05) is 18.4 Å². The number of aliphatic hydroxyl groups is 2. The minimum absolute atomic E-state index is 0.232. The summed E-state index contributed by atoms with van der Waals surface area (Å²) in [6, 6.07) is 0. The monoisotopic (exact) mass is 231 g/mol. The number of carbonyl (C=O) groups is 3. The summed E-state index contributed by atoms with van der Waals surface area (Å²) in [4.78, 5) is 32.4. The van der Waals surface area contributed by atoms with Gasteiger partial charge in [-0.3, -0.25) is 0 Å². The van der Waals surface area contributed by atoms with E-state index >= 15 is 0 Å². The summed E-state index contributed by atoms with van der Waals surface area (Å²) in [5.41, 5.74) is 0. The Hall–Kier alpha value is -1.11.